The normalized spacial score (nSPS) is 12.3. The van der Waals surface area contributed by atoms with Crippen molar-refractivity contribution >= 4 is 17.7 Å². The van der Waals surface area contributed by atoms with Gasteiger partial charge in [-0.25, -0.2) is 4.98 Å². The maximum atomic E-state index is 12.2. The largest absolute Gasteiger partial charge is 0.349 e. The molecule has 108 valence electrons. The summed E-state index contributed by atoms with van der Waals surface area (Å²) in [4.78, 5) is 16.5. The minimum Gasteiger partial charge on any atom is -0.349 e. The molecule has 0 spiro atoms. The van der Waals surface area contributed by atoms with Crippen molar-refractivity contribution in [2.75, 3.05) is 6.26 Å². The van der Waals surface area contributed by atoms with Crippen LogP contribution >= 0.6 is 11.8 Å². The molecular formula is C13H19N5OS. The van der Waals surface area contributed by atoms with E-state index in [9.17, 15) is 4.79 Å². The number of imidazole rings is 1. The van der Waals surface area contributed by atoms with Crippen molar-refractivity contribution in [3.63, 3.8) is 0 Å². The van der Waals surface area contributed by atoms with E-state index in [-0.39, 0.29) is 11.9 Å². The maximum absolute atomic E-state index is 12.2. The van der Waals surface area contributed by atoms with Crippen LogP contribution in [0.5, 0.6) is 0 Å². The third kappa shape index (κ3) is 3.04. The van der Waals surface area contributed by atoms with Crippen molar-refractivity contribution in [3.8, 4) is 0 Å². The fourth-order valence-corrected chi connectivity index (χ4v) is 2.58. The molecule has 2 aromatic rings. The molecule has 0 radical (unpaired) electrons. The third-order valence-electron chi connectivity index (χ3n) is 3.20. The van der Waals surface area contributed by atoms with E-state index < -0.39 is 0 Å². The zero-order chi connectivity index (χ0) is 14.5. The van der Waals surface area contributed by atoms with Crippen LogP contribution in [0.1, 0.15) is 25.1 Å². The van der Waals surface area contributed by atoms with Crippen LogP contribution in [-0.2, 0) is 18.4 Å². The predicted molar refractivity (Wildman–Crippen MR) is 78.4 cm³/mol. The molecule has 0 aliphatic carbocycles. The first-order valence-electron chi connectivity index (χ1n) is 6.48. The number of nitrogens with zero attached hydrogens (tertiary/aromatic N) is 4. The standard InChI is InChI=1S/C13H19N5OS/c1-4-11(18-7-5-6-16-18)12(19)14-8-10-9-15-13(20-3)17(10)2/h5-7,9,11H,4,8H2,1-3H3,(H,14,19). The molecule has 2 rings (SSSR count). The highest BCUT2D eigenvalue weighted by Crippen LogP contribution is 2.14. The van der Waals surface area contributed by atoms with Gasteiger partial charge in [-0.1, -0.05) is 18.7 Å². The van der Waals surface area contributed by atoms with Gasteiger partial charge in [0.2, 0.25) is 5.91 Å². The van der Waals surface area contributed by atoms with Gasteiger partial charge in [-0.05, 0) is 18.7 Å². The lowest BCUT2D eigenvalue weighted by molar-refractivity contribution is -0.124. The van der Waals surface area contributed by atoms with Crippen molar-refractivity contribution in [3.05, 3.63) is 30.4 Å². The lowest BCUT2D eigenvalue weighted by atomic mass is 10.2. The van der Waals surface area contributed by atoms with Crippen molar-refractivity contribution < 1.29 is 4.79 Å². The monoisotopic (exact) mass is 293 g/mol. The smallest absolute Gasteiger partial charge is 0.245 e. The van der Waals surface area contributed by atoms with E-state index in [1.54, 1.807) is 28.8 Å². The summed E-state index contributed by atoms with van der Waals surface area (Å²) < 4.78 is 3.67. The fraction of sp³-hybridized carbons (Fsp3) is 0.462. The molecule has 0 saturated heterocycles. The first-order valence-corrected chi connectivity index (χ1v) is 7.71. The Bertz CT molecular complexity index is 563. The molecule has 2 heterocycles. The molecule has 6 nitrogen and oxygen atoms in total. The van der Waals surface area contributed by atoms with E-state index in [1.165, 1.54) is 0 Å². The molecule has 20 heavy (non-hydrogen) atoms. The summed E-state index contributed by atoms with van der Waals surface area (Å²) in [7, 11) is 1.95. The van der Waals surface area contributed by atoms with E-state index in [4.69, 9.17) is 0 Å². The number of nitrogens with one attached hydrogen (secondary N) is 1. The Morgan fingerprint density at radius 2 is 2.35 bits per heavy atom. The number of carbonyl (C=O) groups is 1. The Hall–Kier alpha value is -1.76. The van der Waals surface area contributed by atoms with Gasteiger partial charge in [0, 0.05) is 19.4 Å². The highest BCUT2D eigenvalue weighted by molar-refractivity contribution is 7.98. The Labute approximate surface area is 122 Å². The zero-order valence-electron chi connectivity index (χ0n) is 11.9. The highest BCUT2D eigenvalue weighted by Gasteiger charge is 2.18. The number of hydrogen-bond acceptors (Lipinski definition) is 4. The van der Waals surface area contributed by atoms with E-state index in [1.807, 2.05) is 37.1 Å². The summed E-state index contributed by atoms with van der Waals surface area (Å²) in [5, 5.41) is 8.02. The average molecular weight is 293 g/mol. The fourth-order valence-electron chi connectivity index (χ4n) is 2.03. The van der Waals surface area contributed by atoms with Gasteiger partial charge in [-0.15, -0.1) is 0 Å². The Morgan fingerprint density at radius 3 is 2.90 bits per heavy atom. The van der Waals surface area contributed by atoms with Crippen molar-refractivity contribution in [2.24, 2.45) is 7.05 Å². The van der Waals surface area contributed by atoms with Crippen LogP contribution in [0.15, 0.2) is 29.8 Å². The Kier molecular flexibility index (Phi) is 4.84. The van der Waals surface area contributed by atoms with Crippen LogP contribution in [0, 0.1) is 0 Å². The molecule has 0 bridgehead atoms. The summed E-state index contributed by atoms with van der Waals surface area (Å²) >= 11 is 1.58. The number of carbonyl (C=O) groups excluding carboxylic acids is 1. The van der Waals surface area contributed by atoms with Crippen LogP contribution < -0.4 is 5.32 Å². The lowest BCUT2D eigenvalue weighted by Crippen LogP contribution is -2.32. The van der Waals surface area contributed by atoms with Crippen LogP contribution in [0.3, 0.4) is 0 Å². The van der Waals surface area contributed by atoms with E-state index in [0.29, 0.717) is 13.0 Å². The number of amides is 1. The van der Waals surface area contributed by atoms with Gasteiger partial charge in [0.1, 0.15) is 6.04 Å². The summed E-state index contributed by atoms with van der Waals surface area (Å²) in [6, 6.07) is 1.56. The van der Waals surface area contributed by atoms with Crippen molar-refractivity contribution in [1.29, 1.82) is 0 Å². The van der Waals surface area contributed by atoms with Gasteiger partial charge in [0.15, 0.2) is 5.16 Å². The molecular weight excluding hydrogens is 274 g/mol. The average Bonchev–Trinajstić information content (AvgIpc) is 3.07. The molecule has 0 saturated carbocycles. The number of hydrogen-bond donors (Lipinski definition) is 1. The number of aromatic nitrogens is 4. The molecule has 1 amide bonds. The second-order valence-electron chi connectivity index (χ2n) is 4.42. The maximum Gasteiger partial charge on any atom is 0.245 e. The molecule has 0 fully saturated rings. The van der Waals surface area contributed by atoms with Crippen LogP contribution in [0.25, 0.3) is 0 Å². The molecule has 0 aromatic carbocycles. The molecule has 0 aliphatic heterocycles. The highest BCUT2D eigenvalue weighted by atomic mass is 32.2. The van der Waals surface area contributed by atoms with Crippen molar-refractivity contribution in [1.82, 2.24) is 24.6 Å². The summed E-state index contributed by atoms with van der Waals surface area (Å²) in [6.07, 6.45) is 7.97. The second kappa shape index (κ2) is 6.60. The molecule has 0 aliphatic rings. The topological polar surface area (TPSA) is 64.7 Å². The number of thioether (sulfide) groups is 1. The SMILES string of the molecule is CCC(C(=O)NCc1cnc(SC)n1C)n1cccn1. The van der Waals surface area contributed by atoms with E-state index in [0.717, 1.165) is 10.9 Å². The number of rotatable bonds is 6. The molecule has 7 heteroatoms. The van der Waals surface area contributed by atoms with Gasteiger partial charge < -0.3 is 9.88 Å². The van der Waals surface area contributed by atoms with Gasteiger partial charge in [0.25, 0.3) is 0 Å². The molecule has 1 atom stereocenters. The van der Waals surface area contributed by atoms with Gasteiger partial charge in [-0.3, -0.25) is 9.48 Å². The van der Waals surface area contributed by atoms with E-state index in [2.05, 4.69) is 15.4 Å². The first-order chi connectivity index (χ1) is 9.67. The molecule has 1 N–H and O–H groups in total. The zero-order valence-corrected chi connectivity index (χ0v) is 12.7. The van der Waals surface area contributed by atoms with Crippen LogP contribution in [-0.4, -0.2) is 31.5 Å². The first kappa shape index (κ1) is 14.6. The summed E-state index contributed by atoms with van der Waals surface area (Å²) in [6.45, 7) is 2.45. The van der Waals surface area contributed by atoms with E-state index >= 15 is 0 Å². The van der Waals surface area contributed by atoms with Crippen LogP contribution in [0.4, 0.5) is 0 Å². The van der Waals surface area contributed by atoms with Gasteiger partial charge in [0.05, 0.1) is 18.4 Å². The second-order valence-corrected chi connectivity index (χ2v) is 5.20. The molecule has 1 unspecified atom stereocenters. The summed E-state index contributed by atoms with van der Waals surface area (Å²) in [5.74, 6) is -0.0249. The minimum absolute atomic E-state index is 0.0249. The van der Waals surface area contributed by atoms with Crippen LogP contribution in [0.2, 0.25) is 0 Å². The third-order valence-corrected chi connectivity index (χ3v) is 3.95. The lowest BCUT2D eigenvalue weighted by Gasteiger charge is -2.15. The summed E-state index contributed by atoms with van der Waals surface area (Å²) in [5.41, 5.74) is 0.984. The van der Waals surface area contributed by atoms with Gasteiger partial charge in [-0.2, -0.15) is 5.10 Å². The Balaban J connectivity index is 1.99. The molecule has 2 aromatic heterocycles. The Morgan fingerprint density at radius 1 is 1.55 bits per heavy atom. The minimum atomic E-state index is -0.266. The predicted octanol–water partition coefficient (Wildman–Crippen LogP) is 1.61. The quantitative estimate of drug-likeness (QED) is 0.822. The van der Waals surface area contributed by atoms with Gasteiger partial charge >= 0.3 is 0 Å². The van der Waals surface area contributed by atoms with Crippen molar-refractivity contribution in [2.45, 2.75) is 31.1 Å².